The summed E-state index contributed by atoms with van der Waals surface area (Å²) in [6.45, 7) is 10.3. The first-order valence-electron chi connectivity index (χ1n) is 3.98. The molecule has 0 saturated carbocycles. The normalized spacial score (nSPS) is 12.5. The van der Waals surface area contributed by atoms with Crippen molar-refractivity contribution < 1.29 is 13.9 Å². The molecule has 0 aliphatic rings. The molecule has 0 unspecified atom stereocenters. The van der Waals surface area contributed by atoms with Crippen LogP contribution in [0.1, 0.15) is 27.7 Å². The maximum Gasteiger partial charge on any atom is 0.338 e. The molecule has 0 fully saturated rings. The summed E-state index contributed by atoms with van der Waals surface area (Å²) in [6.07, 6.45) is 0.777. The topological polar surface area (TPSA) is 26.3 Å². The van der Waals surface area contributed by atoms with E-state index in [1.165, 1.54) is 6.92 Å². The molecule has 2 nitrogen and oxygen atoms in total. The Morgan fingerprint density at radius 1 is 1.46 bits per heavy atom. The summed E-state index contributed by atoms with van der Waals surface area (Å²) in [6, 6.07) is 0. The molecule has 0 atom stereocenters. The highest BCUT2D eigenvalue weighted by molar-refractivity contribution is 5.89. The summed E-state index contributed by atoms with van der Waals surface area (Å²) in [5.74, 6) is -1.14. The third-order valence-corrected chi connectivity index (χ3v) is 1.48. The average molecular weight is 186 g/mol. The van der Waals surface area contributed by atoms with Gasteiger partial charge in [0, 0.05) is 5.57 Å². The summed E-state index contributed by atoms with van der Waals surface area (Å²) >= 11 is 0. The van der Waals surface area contributed by atoms with Gasteiger partial charge in [-0.25, -0.2) is 9.18 Å². The van der Waals surface area contributed by atoms with E-state index in [1.54, 1.807) is 0 Å². The average Bonchev–Trinajstić information content (AvgIpc) is 1.96. The molecule has 0 aromatic carbocycles. The maximum atomic E-state index is 12.2. The molecule has 0 spiro atoms. The fraction of sp³-hybridized carbons (Fsp3) is 0.500. The number of ether oxygens (including phenoxy) is 1. The molecule has 0 aliphatic carbocycles. The van der Waals surface area contributed by atoms with Crippen molar-refractivity contribution in [2.75, 3.05) is 0 Å². The van der Waals surface area contributed by atoms with E-state index >= 15 is 0 Å². The number of carbonyl (C=O) groups excluding carboxylic acids is 1. The van der Waals surface area contributed by atoms with Gasteiger partial charge in [-0.3, -0.25) is 0 Å². The van der Waals surface area contributed by atoms with Gasteiger partial charge in [0.2, 0.25) is 0 Å². The fourth-order valence-corrected chi connectivity index (χ4v) is 0.512. The van der Waals surface area contributed by atoms with Crippen molar-refractivity contribution in [1.29, 1.82) is 0 Å². The van der Waals surface area contributed by atoms with Crippen LogP contribution < -0.4 is 0 Å². The van der Waals surface area contributed by atoms with E-state index < -0.39 is 11.8 Å². The minimum atomic E-state index is -0.593. The Kier molecular flexibility index (Phi) is 3.85. The van der Waals surface area contributed by atoms with Crippen LogP contribution in [0.25, 0.3) is 0 Å². The van der Waals surface area contributed by atoms with Gasteiger partial charge in [-0.15, -0.1) is 0 Å². The molecule has 0 aromatic rings. The minimum absolute atomic E-state index is 0.324. The van der Waals surface area contributed by atoms with E-state index in [0.717, 1.165) is 6.26 Å². The Morgan fingerprint density at radius 2 is 1.92 bits per heavy atom. The number of carbonyl (C=O) groups is 1. The lowest BCUT2D eigenvalue weighted by atomic mass is 9.88. The van der Waals surface area contributed by atoms with Crippen molar-refractivity contribution in [1.82, 2.24) is 0 Å². The molecular formula is C10H15FO2. The van der Waals surface area contributed by atoms with E-state index in [9.17, 15) is 9.18 Å². The fourth-order valence-electron chi connectivity index (χ4n) is 0.512. The van der Waals surface area contributed by atoms with E-state index in [-0.39, 0.29) is 5.41 Å². The van der Waals surface area contributed by atoms with Crippen LogP contribution in [0.4, 0.5) is 4.39 Å². The number of esters is 1. The lowest BCUT2D eigenvalue weighted by Gasteiger charge is -2.18. The summed E-state index contributed by atoms with van der Waals surface area (Å²) in [5.41, 5.74) is -0.0280. The molecule has 0 rings (SSSR count). The second kappa shape index (κ2) is 4.21. The van der Waals surface area contributed by atoms with Crippen molar-refractivity contribution in [3.8, 4) is 0 Å². The summed E-state index contributed by atoms with van der Waals surface area (Å²) in [7, 11) is 0. The molecule has 0 N–H and O–H groups in total. The van der Waals surface area contributed by atoms with Gasteiger partial charge in [-0.2, -0.15) is 0 Å². The quantitative estimate of drug-likeness (QED) is 0.376. The number of rotatable bonds is 2. The molecule has 74 valence electrons. The highest BCUT2D eigenvalue weighted by Crippen LogP contribution is 2.24. The highest BCUT2D eigenvalue weighted by Gasteiger charge is 2.22. The summed E-state index contributed by atoms with van der Waals surface area (Å²) in [4.78, 5) is 11.2. The van der Waals surface area contributed by atoms with Crippen LogP contribution in [0.5, 0.6) is 0 Å². The lowest BCUT2D eigenvalue weighted by molar-refractivity contribution is -0.134. The van der Waals surface area contributed by atoms with Crippen LogP contribution in [0.15, 0.2) is 24.2 Å². The molecule has 0 radical (unpaired) electrons. The molecule has 0 bridgehead atoms. The number of allylic oxidation sites excluding steroid dienone is 1. The Balaban J connectivity index is 4.31. The van der Waals surface area contributed by atoms with Crippen LogP contribution in [0.2, 0.25) is 0 Å². The van der Waals surface area contributed by atoms with Gasteiger partial charge in [0.25, 0.3) is 0 Å². The first-order chi connectivity index (χ1) is 5.75. The summed E-state index contributed by atoms with van der Waals surface area (Å²) < 4.78 is 16.7. The van der Waals surface area contributed by atoms with E-state index in [4.69, 9.17) is 0 Å². The maximum absolute atomic E-state index is 12.2. The second-order valence-electron chi connectivity index (χ2n) is 3.84. The highest BCUT2D eigenvalue weighted by atomic mass is 19.1. The zero-order valence-electron chi connectivity index (χ0n) is 8.48. The molecule has 0 aromatic heterocycles. The minimum Gasteiger partial charge on any atom is -0.428 e. The first-order valence-corrected chi connectivity index (χ1v) is 3.98. The van der Waals surface area contributed by atoms with Crippen LogP contribution in [-0.2, 0) is 9.53 Å². The Morgan fingerprint density at radius 3 is 2.23 bits per heavy atom. The monoisotopic (exact) mass is 186 g/mol. The van der Waals surface area contributed by atoms with Crippen molar-refractivity contribution in [2.24, 2.45) is 5.41 Å². The standard InChI is InChI=1S/C10H15FO2/c1-7(11)6-13-9(12)8(2)10(3,4)5/h6H,2H2,1,3-5H3. The first kappa shape index (κ1) is 11.9. The van der Waals surface area contributed by atoms with Gasteiger partial charge in [0.1, 0.15) is 12.1 Å². The predicted octanol–water partition coefficient (Wildman–Crippen LogP) is 2.96. The Bertz CT molecular complexity index is 242. The zero-order chi connectivity index (χ0) is 10.6. The van der Waals surface area contributed by atoms with Crippen LogP contribution in [0.3, 0.4) is 0 Å². The Labute approximate surface area is 78.1 Å². The lowest BCUT2D eigenvalue weighted by Crippen LogP contribution is -2.17. The molecular weight excluding hydrogens is 171 g/mol. The number of hydrogen-bond donors (Lipinski definition) is 0. The van der Waals surface area contributed by atoms with Crippen molar-refractivity contribution in [3.05, 3.63) is 24.2 Å². The van der Waals surface area contributed by atoms with Gasteiger partial charge in [-0.1, -0.05) is 27.4 Å². The van der Waals surface area contributed by atoms with Crippen LogP contribution in [0, 0.1) is 5.41 Å². The Hall–Kier alpha value is -1.12. The van der Waals surface area contributed by atoms with Crippen molar-refractivity contribution in [3.63, 3.8) is 0 Å². The van der Waals surface area contributed by atoms with E-state index in [2.05, 4.69) is 11.3 Å². The third-order valence-electron chi connectivity index (χ3n) is 1.48. The van der Waals surface area contributed by atoms with Crippen molar-refractivity contribution in [2.45, 2.75) is 27.7 Å². The van der Waals surface area contributed by atoms with E-state index in [0.29, 0.717) is 5.57 Å². The van der Waals surface area contributed by atoms with Crippen molar-refractivity contribution >= 4 is 5.97 Å². The molecule has 13 heavy (non-hydrogen) atoms. The molecule has 0 saturated heterocycles. The molecule has 3 heteroatoms. The second-order valence-corrected chi connectivity index (χ2v) is 3.84. The summed E-state index contributed by atoms with van der Waals surface area (Å²) in [5, 5.41) is 0. The van der Waals surface area contributed by atoms with Gasteiger partial charge in [-0.05, 0) is 12.3 Å². The largest absolute Gasteiger partial charge is 0.428 e. The SMILES string of the molecule is C=C(C(=O)OC=C(C)F)C(C)(C)C. The number of hydrogen-bond acceptors (Lipinski definition) is 2. The van der Waals surface area contributed by atoms with Gasteiger partial charge in [0.05, 0.1) is 0 Å². The van der Waals surface area contributed by atoms with E-state index in [1.807, 2.05) is 20.8 Å². The van der Waals surface area contributed by atoms with Gasteiger partial charge >= 0.3 is 5.97 Å². The zero-order valence-corrected chi connectivity index (χ0v) is 8.48. The van der Waals surface area contributed by atoms with Crippen LogP contribution >= 0.6 is 0 Å². The molecule has 0 aliphatic heterocycles. The number of halogens is 1. The predicted molar refractivity (Wildman–Crippen MR) is 49.6 cm³/mol. The third kappa shape index (κ3) is 4.45. The van der Waals surface area contributed by atoms with Crippen LogP contribution in [-0.4, -0.2) is 5.97 Å². The van der Waals surface area contributed by atoms with Gasteiger partial charge < -0.3 is 4.74 Å². The molecule has 0 heterocycles. The molecule has 0 amide bonds. The smallest absolute Gasteiger partial charge is 0.338 e. The van der Waals surface area contributed by atoms with Gasteiger partial charge in [0.15, 0.2) is 0 Å².